The molecule has 1 aromatic carbocycles. The standard InChI is InChI=1S/C7H8ClP/c1-6-3-2-4-7(5-6)9-8/h2-5,9H,1H3. The molecule has 0 aromatic heterocycles. The minimum atomic E-state index is 0.399. The maximum Gasteiger partial charge on any atom is 0.00660 e. The predicted octanol–water partition coefficient (Wildman–Crippen LogP) is 2.45. The number of aryl methyl sites for hydroxylation is 1. The highest BCUT2D eigenvalue weighted by molar-refractivity contribution is 7.74. The van der Waals surface area contributed by atoms with E-state index in [1.54, 1.807) is 0 Å². The Hall–Kier alpha value is -0.0600. The molecule has 1 unspecified atom stereocenters. The Balaban J connectivity index is 2.94. The van der Waals surface area contributed by atoms with Crippen molar-refractivity contribution < 1.29 is 0 Å². The molecule has 0 heterocycles. The highest BCUT2D eigenvalue weighted by atomic mass is 35.7. The lowest BCUT2D eigenvalue weighted by molar-refractivity contribution is 1.50. The monoisotopic (exact) mass is 158 g/mol. The highest BCUT2D eigenvalue weighted by Crippen LogP contribution is 2.15. The van der Waals surface area contributed by atoms with Crippen molar-refractivity contribution in [1.29, 1.82) is 0 Å². The van der Waals surface area contributed by atoms with E-state index in [0.29, 0.717) is 7.93 Å². The van der Waals surface area contributed by atoms with Crippen molar-refractivity contribution in [1.82, 2.24) is 0 Å². The zero-order valence-electron chi connectivity index (χ0n) is 5.19. The van der Waals surface area contributed by atoms with Crippen LogP contribution in [0.25, 0.3) is 0 Å². The number of halogens is 1. The van der Waals surface area contributed by atoms with Gasteiger partial charge in [-0.05, 0) is 12.2 Å². The van der Waals surface area contributed by atoms with Gasteiger partial charge in [-0.2, -0.15) is 0 Å². The third kappa shape index (κ3) is 1.97. The van der Waals surface area contributed by atoms with E-state index in [4.69, 9.17) is 11.2 Å². The summed E-state index contributed by atoms with van der Waals surface area (Å²) in [7, 11) is 0.399. The average Bonchev–Trinajstić information content (AvgIpc) is 1.88. The SMILES string of the molecule is Cc1cccc(PCl)c1. The lowest BCUT2D eigenvalue weighted by atomic mass is 10.2. The fourth-order valence-electron chi connectivity index (χ4n) is 0.704. The summed E-state index contributed by atoms with van der Waals surface area (Å²) in [5.41, 5.74) is 1.28. The second-order valence-corrected chi connectivity index (χ2v) is 3.30. The first-order chi connectivity index (χ1) is 4.33. The summed E-state index contributed by atoms with van der Waals surface area (Å²) in [4.78, 5) is 0. The molecule has 1 aromatic rings. The Morgan fingerprint density at radius 3 is 2.67 bits per heavy atom. The van der Waals surface area contributed by atoms with Crippen molar-refractivity contribution in [3.63, 3.8) is 0 Å². The summed E-state index contributed by atoms with van der Waals surface area (Å²) in [5, 5.41) is 1.22. The van der Waals surface area contributed by atoms with Crippen LogP contribution in [-0.2, 0) is 0 Å². The number of benzene rings is 1. The van der Waals surface area contributed by atoms with E-state index in [9.17, 15) is 0 Å². The molecule has 1 rings (SSSR count). The first-order valence-corrected chi connectivity index (χ1v) is 4.77. The molecule has 0 aliphatic heterocycles. The minimum absolute atomic E-state index is 0.399. The Morgan fingerprint density at radius 1 is 1.44 bits per heavy atom. The lowest BCUT2D eigenvalue weighted by Gasteiger charge is -1.93. The molecule has 1 atom stereocenters. The zero-order chi connectivity index (χ0) is 6.69. The van der Waals surface area contributed by atoms with E-state index in [1.807, 2.05) is 12.1 Å². The predicted molar refractivity (Wildman–Crippen MR) is 45.0 cm³/mol. The second-order valence-electron chi connectivity index (χ2n) is 1.96. The van der Waals surface area contributed by atoms with Gasteiger partial charge in [0.15, 0.2) is 0 Å². The molecule has 0 saturated heterocycles. The summed E-state index contributed by atoms with van der Waals surface area (Å²) in [6.07, 6.45) is 0. The number of rotatable bonds is 1. The van der Waals surface area contributed by atoms with Crippen molar-refractivity contribution in [2.45, 2.75) is 6.92 Å². The Kier molecular flexibility index (Phi) is 2.50. The maximum absolute atomic E-state index is 5.63. The van der Waals surface area contributed by atoms with Gasteiger partial charge < -0.3 is 0 Å². The van der Waals surface area contributed by atoms with Crippen LogP contribution in [0.2, 0.25) is 0 Å². The zero-order valence-corrected chi connectivity index (χ0v) is 6.94. The Bertz CT molecular complexity index is 198. The maximum atomic E-state index is 5.63. The molecule has 2 heteroatoms. The topological polar surface area (TPSA) is 0 Å². The fraction of sp³-hybridized carbons (Fsp3) is 0.143. The van der Waals surface area contributed by atoms with Gasteiger partial charge in [-0.3, -0.25) is 0 Å². The van der Waals surface area contributed by atoms with Crippen LogP contribution in [0, 0.1) is 6.92 Å². The minimum Gasteiger partial charge on any atom is -0.0948 e. The first-order valence-electron chi connectivity index (χ1n) is 2.76. The third-order valence-corrected chi connectivity index (χ3v) is 2.31. The molecule has 0 saturated carbocycles. The molecule has 48 valence electrons. The van der Waals surface area contributed by atoms with Crippen LogP contribution in [0.4, 0.5) is 0 Å². The van der Waals surface area contributed by atoms with Crippen LogP contribution in [0.15, 0.2) is 24.3 Å². The largest absolute Gasteiger partial charge is 0.0948 e. The van der Waals surface area contributed by atoms with Crippen molar-refractivity contribution in [2.24, 2.45) is 0 Å². The van der Waals surface area contributed by atoms with E-state index in [2.05, 4.69) is 19.1 Å². The molecule has 0 radical (unpaired) electrons. The third-order valence-electron chi connectivity index (χ3n) is 1.13. The molecule has 0 N–H and O–H groups in total. The molecule has 0 fully saturated rings. The summed E-state index contributed by atoms with van der Waals surface area (Å²) < 4.78 is 0. The molecular formula is C7H8ClP. The van der Waals surface area contributed by atoms with Gasteiger partial charge in [0.05, 0.1) is 0 Å². The van der Waals surface area contributed by atoms with Gasteiger partial charge >= 0.3 is 0 Å². The van der Waals surface area contributed by atoms with E-state index >= 15 is 0 Å². The van der Waals surface area contributed by atoms with Crippen molar-refractivity contribution in [3.05, 3.63) is 29.8 Å². The Labute approximate surface area is 61.8 Å². The van der Waals surface area contributed by atoms with Crippen LogP contribution in [-0.4, -0.2) is 0 Å². The van der Waals surface area contributed by atoms with Crippen molar-refractivity contribution >= 4 is 24.5 Å². The van der Waals surface area contributed by atoms with E-state index in [-0.39, 0.29) is 0 Å². The van der Waals surface area contributed by atoms with E-state index in [1.165, 1.54) is 10.9 Å². The smallest absolute Gasteiger partial charge is 0.00660 e. The van der Waals surface area contributed by atoms with Crippen LogP contribution in [0.5, 0.6) is 0 Å². The highest BCUT2D eigenvalue weighted by Gasteiger charge is 1.87. The van der Waals surface area contributed by atoms with Gasteiger partial charge in [0.1, 0.15) is 0 Å². The normalized spacial score (nSPS) is 10.9. The number of hydrogen-bond donors (Lipinski definition) is 0. The molecule has 0 spiro atoms. The van der Waals surface area contributed by atoms with Crippen molar-refractivity contribution in [3.8, 4) is 0 Å². The second kappa shape index (κ2) is 3.20. The molecule has 0 bridgehead atoms. The molecule has 0 aliphatic rings. The number of hydrogen-bond acceptors (Lipinski definition) is 0. The van der Waals surface area contributed by atoms with Crippen LogP contribution >= 0.6 is 19.2 Å². The fourth-order valence-corrected chi connectivity index (χ4v) is 1.50. The molecule has 0 nitrogen and oxygen atoms in total. The average molecular weight is 159 g/mol. The summed E-state index contributed by atoms with van der Waals surface area (Å²) in [6, 6.07) is 8.24. The van der Waals surface area contributed by atoms with E-state index in [0.717, 1.165) is 0 Å². The van der Waals surface area contributed by atoms with Gasteiger partial charge in [0, 0.05) is 7.93 Å². The lowest BCUT2D eigenvalue weighted by Crippen LogP contribution is -1.89. The summed E-state index contributed by atoms with van der Waals surface area (Å²) in [6.45, 7) is 2.07. The van der Waals surface area contributed by atoms with Crippen LogP contribution < -0.4 is 5.30 Å². The summed E-state index contributed by atoms with van der Waals surface area (Å²) >= 11 is 5.63. The van der Waals surface area contributed by atoms with Gasteiger partial charge in [0.2, 0.25) is 0 Å². The summed E-state index contributed by atoms with van der Waals surface area (Å²) in [5.74, 6) is 0. The molecular weight excluding hydrogens is 151 g/mol. The van der Waals surface area contributed by atoms with E-state index < -0.39 is 0 Å². The van der Waals surface area contributed by atoms with Crippen molar-refractivity contribution in [2.75, 3.05) is 0 Å². The van der Waals surface area contributed by atoms with Gasteiger partial charge in [0.25, 0.3) is 0 Å². The molecule has 9 heavy (non-hydrogen) atoms. The van der Waals surface area contributed by atoms with Gasteiger partial charge in [-0.15, -0.1) is 0 Å². The molecule has 0 aliphatic carbocycles. The van der Waals surface area contributed by atoms with Gasteiger partial charge in [-0.25, -0.2) is 0 Å². The van der Waals surface area contributed by atoms with Crippen LogP contribution in [0.3, 0.4) is 0 Å². The molecule has 0 amide bonds. The Morgan fingerprint density at radius 2 is 2.22 bits per heavy atom. The quantitative estimate of drug-likeness (QED) is 0.551. The first kappa shape index (κ1) is 7.05. The van der Waals surface area contributed by atoms with Crippen LogP contribution in [0.1, 0.15) is 5.56 Å². The van der Waals surface area contributed by atoms with Gasteiger partial charge in [-0.1, -0.05) is 41.1 Å².